The van der Waals surface area contributed by atoms with E-state index in [1.54, 1.807) is 11.3 Å². The fraction of sp³-hybridized carbons (Fsp3) is 0.400. The maximum absolute atomic E-state index is 6.17. The van der Waals surface area contributed by atoms with Gasteiger partial charge in [-0.05, 0) is 36.4 Å². The Labute approximate surface area is 108 Å². The van der Waals surface area contributed by atoms with E-state index in [0.29, 0.717) is 0 Å². The Morgan fingerprint density at radius 3 is 2.81 bits per heavy atom. The minimum absolute atomic E-state index is 0.123. The molecule has 0 amide bonds. The van der Waals surface area contributed by atoms with Crippen LogP contribution in [0.15, 0.2) is 11.4 Å². The van der Waals surface area contributed by atoms with Gasteiger partial charge in [-0.2, -0.15) is 0 Å². The summed E-state index contributed by atoms with van der Waals surface area (Å²) >= 11 is 9.26. The number of nitrogens with zero attached hydrogens (tertiary/aromatic N) is 2. The number of aryl methyl sites for hydroxylation is 1. The average Bonchev–Trinajstić information content (AvgIpc) is 2.84. The van der Waals surface area contributed by atoms with Crippen molar-refractivity contribution in [1.29, 1.82) is 0 Å². The monoisotopic (exact) mass is 273 g/mol. The highest BCUT2D eigenvalue weighted by Gasteiger charge is 2.21. The summed E-state index contributed by atoms with van der Waals surface area (Å²) in [7, 11) is 0. The second-order valence-electron chi connectivity index (χ2n) is 3.35. The van der Waals surface area contributed by atoms with Crippen LogP contribution in [-0.4, -0.2) is 16.1 Å². The molecule has 1 N–H and O–H groups in total. The molecule has 0 saturated heterocycles. The van der Waals surface area contributed by atoms with Gasteiger partial charge < -0.3 is 5.32 Å². The number of aromatic nitrogens is 2. The topological polar surface area (TPSA) is 37.8 Å². The molecule has 2 aromatic heterocycles. The first-order valence-corrected chi connectivity index (χ1v) is 7.02. The van der Waals surface area contributed by atoms with Gasteiger partial charge in [0.05, 0.1) is 21.6 Å². The molecule has 2 heterocycles. The first-order chi connectivity index (χ1) is 7.74. The van der Waals surface area contributed by atoms with Gasteiger partial charge in [0.1, 0.15) is 0 Å². The second-order valence-corrected chi connectivity index (χ2v) is 5.49. The summed E-state index contributed by atoms with van der Waals surface area (Å²) in [5, 5.41) is 10.3. The van der Waals surface area contributed by atoms with Crippen LogP contribution in [0.4, 0.5) is 0 Å². The van der Waals surface area contributed by atoms with E-state index in [4.69, 9.17) is 11.6 Å². The van der Waals surface area contributed by atoms with Crippen LogP contribution in [0, 0.1) is 6.92 Å². The molecular formula is C10H12ClN3S2. The summed E-state index contributed by atoms with van der Waals surface area (Å²) in [6.07, 6.45) is 0. The highest BCUT2D eigenvalue weighted by molar-refractivity contribution is 7.11. The molecule has 0 radical (unpaired) electrons. The molecule has 0 aliphatic carbocycles. The fourth-order valence-electron chi connectivity index (χ4n) is 1.52. The molecule has 0 aromatic carbocycles. The predicted octanol–water partition coefficient (Wildman–Crippen LogP) is 3.26. The summed E-state index contributed by atoms with van der Waals surface area (Å²) < 4.78 is 3.98. The summed E-state index contributed by atoms with van der Waals surface area (Å²) in [5.41, 5.74) is 0.973. The Balaban J connectivity index is 2.39. The van der Waals surface area contributed by atoms with Crippen molar-refractivity contribution in [2.24, 2.45) is 0 Å². The lowest BCUT2D eigenvalue weighted by Gasteiger charge is -2.15. The van der Waals surface area contributed by atoms with Crippen molar-refractivity contribution in [3.05, 3.63) is 31.9 Å². The summed E-state index contributed by atoms with van der Waals surface area (Å²) in [6, 6.07) is 2.05. The third-order valence-corrected chi connectivity index (χ3v) is 4.58. The number of hydrogen-bond donors (Lipinski definition) is 1. The Bertz CT molecular complexity index is 426. The molecule has 2 aromatic rings. The molecule has 6 heteroatoms. The molecule has 86 valence electrons. The third kappa shape index (κ3) is 2.27. The lowest BCUT2D eigenvalue weighted by Crippen LogP contribution is -2.21. The van der Waals surface area contributed by atoms with E-state index in [1.807, 2.05) is 18.4 Å². The van der Waals surface area contributed by atoms with Gasteiger partial charge >= 0.3 is 0 Å². The molecular weight excluding hydrogens is 262 g/mol. The first-order valence-electron chi connectivity index (χ1n) is 4.99. The van der Waals surface area contributed by atoms with E-state index < -0.39 is 0 Å². The smallest absolute Gasteiger partial charge is 0.0815 e. The van der Waals surface area contributed by atoms with Gasteiger partial charge in [0.2, 0.25) is 0 Å². The van der Waals surface area contributed by atoms with Crippen LogP contribution in [0.5, 0.6) is 0 Å². The van der Waals surface area contributed by atoms with Gasteiger partial charge in [-0.25, -0.2) is 0 Å². The largest absolute Gasteiger partial charge is 0.305 e. The fourth-order valence-corrected chi connectivity index (χ4v) is 3.58. The van der Waals surface area contributed by atoms with E-state index >= 15 is 0 Å². The molecule has 1 unspecified atom stereocenters. The Kier molecular flexibility index (Phi) is 3.91. The van der Waals surface area contributed by atoms with E-state index in [9.17, 15) is 0 Å². The number of rotatable bonds is 4. The molecule has 0 bridgehead atoms. The highest BCUT2D eigenvalue weighted by Crippen LogP contribution is 2.34. The highest BCUT2D eigenvalue weighted by atomic mass is 35.5. The summed E-state index contributed by atoms with van der Waals surface area (Å²) in [6.45, 7) is 4.94. The number of nitrogens with one attached hydrogen (secondary N) is 1. The molecule has 16 heavy (non-hydrogen) atoms. The van der Waals surface area contributed by atoms with Crippen molar-refractivity contribution in [1.82, 2.24) is 14.9 Å². The lowest BCUT2D eigenvalue weighted by molar-refractivity contribution is 0.644. The summed E-state index contributed by atoms with van der Waals surface area (Å²) in [4.78, 5) is 2.28. The number of thiophene rings is 1. The maximum Gasteiger partial charge on any atom is 0.0815 e. The second kappa shape index (κ2) is 5.23. The molecule has 1 atom stereocenters. The van der Waals surface area contributed by atoms with Crippen molar-refractivity contribution >= 4 is 34.5 Å². The van der Waals surface area contributed by atoms with Crippen molar-refractivity contribution in [2.45, 2.75) is 19.9 Å². The minimum Gasteiger partial charge on any atom is -0.305 e. The van der Waals surface area contributed by atoms with E-state index in [-0.39, 0.29) is 6.04 Å². The minimum atomic E-state index is 0.123. The quantitative estimate of drug-likeness (QED) is 0.929. The van der Waals surface area contributed by atoms with Crippen LogP contribution in [0.25, 0.3) is 0 Å². The molecule has 3 nitrogen and oxygen atoms in total. The molecule has 0 aliphatic rings. The van der Waals surface area contributed by atoms with Crippen LogP contribution < -0.4 is 5.32 Å². The normalized spacial score (nSPS) is 12.9. The summed E-state index contributed by atoms with van der Waals surface area (Å²) in [5.74, 6) is 0. The van der Waals surface area contributed by atoms with Crippen LogP contribution in [-0.2, 0) is 0 Å². The molecule has 0 aliphatic heterocycles. The third-order valence-electron chi connectivity index (χ3n) is 2.26. The molecule has 0 fully saturated rings. The van der Waals surface area contributed by atoms with Crippen molar-refractivity contribution < 1.29 is 0 Å². The van der Waals surface area contributed by atoms with Gasteiger partial charge in [0.25, 0.3) is 0 Å². The zero-order valence-electron chi connectivity index (χ0n) is 9.03. The van der Waals surface area contributed by atoms with Crippen molar-refractivity contribution in [3.8, 4) is 0 Å². The van der Waals surface area contributed by atoms with Gasteiger partial charge in [-0.1, -0.05) is 23.0 Å². The van der Waals surface area contributed by atoms with Crippen LogP contribution in [0.3, 0.4) is 0 Å². The zero-order chi connectivity index (χ0) is 11.5. The lowest BCUT2D eigenvalue weighted by atomic mass is 10.2. The molecule has 0 spiro atoms. The Morgan fingerprint density at radius 1 is 1.50 bits per heavy atom. The van der Waals surface area contributed by atoms with Gasteiger partial charge in [-0.3, -0.25) is 0 Å². The van der Waals surface area contributed by atoms with Crippen LogP contribution >= 0.6 is 34.5 Å². The maximum atomic E-state index is 6.17. The van der Waals surface area contributed by atoms with Gasteiger partial charge in [-0.15, -0.1) is 16.4 Å². The SMILES string of the molecule is CCNC(c1sccc1Cl)c1snnc1C. The standard InChI is InChI=1S/C10H12ClN3S2/c1-3-12-8(9-6(2)13-14-16-9)10-7(11)4-5-15-10/h4-5,8,12H,3H2,1-2H3. The van der Waals surface area contributed by atoms with E-state index in [0.717, 1.165) is 27.0 Å². The van der Waals surface area contributed by atoms with E-state index in [1.165, 1.54) is 11.5 Å². The zero-order valence-corrected chi connectivity index (χ0v) is 11.4. The van der Waals surface area contributed by atoms with E-state index in [2.05, 4.69) is 21.8 Å². The molecule has 2 rings (SSSR count). The number of hydrogen-bond acceptors (Lipinski definition) is 5. The average molecular weight is 274 g/mol. The predicted molar refractivity (Wildman–Crippen MR) is 69.5 cm³/mol. The first kappa shape index (κ1) is 12.0. The van der Waals surface area contributed by atoms with Crippen LogP contribution in [0.1, 0.15) is 28.4 Å². The molecule has 0 saturated carbocycles. The van der Waals surface area contributed by atoms with Crippen molar-refractivity contribution in [2.75, 3.05) is 6.54 Å². The number of halogens is 1. The van der Waals surface area contributed by atoms with Crippen LogP contribution in [0.2, 0.25) is 5.02 Å². The Hall–Kier alpha value is -0.490. The Morgan fingerprint density at radius 2 is 2.31 bits per heavy atom. The van der Waals surface area contributed by atoms with Crippen molar-refractivity contribution in [3.63, 3.8) is 0 Å². The van der Waals surface area contributed by atoms with Gasteiger partial charge in [0.15, 0.2) is 0 Å². The van der Waals surface area contributed by atoms with Gasteiger partial charge in [0, 0.05) is 4.88 Å².